The Hall–Kier alpha value is -1.92. The molecule has 1 rings (SSSR count). The quantitative estimate of drug-likeness (QED) is 0.726. The molecule has 104 valence electrons. The van der Waals surface area contributed by atoms with Crippen LogP contribution >= 0.6 is 0 Å². The average Bonchev–Trinajstić information content (AvgIpc) is 2.35. The van der Waals surface area contributed by atoms with Crippen LogP contribution in [0.5, 0.6) is 0 Å². The molecular weight excluding hydrogens is 250 g/mol. The van der Waals surface area contributed by atoms with E-state index >= 15 is 0 Å². The number of methoxy groups -OCH3 is 1. The van der Waals surface area contributed by atoms with Crippen LogP contribution in [0.15, 0.2) is 30.3 Å². The van der Waals surface area contributed by atoms with Crippen molar-refractivity contribution in [2.75, 3.05) is 26.8 Å². The number of carboxylic acids is 2. The van der Waals surface area contributed by atoms with Crippen LogP contribution in [0.2, 0.25) is 0 Å². The van der Waals surface area contributed by atoms with Crippen LogP contribution in [-0.2, 0) is 14.3 Å². The van der Waals surface area contributed by atoms with Gasteiger partial charge < -0.3 is 14.9 Å². The van der Waals surface area contributed by atoms with E-state index in [0.29, 0.717) is 0 Å². The summed E-state index contributed by atoms with van der Waals surface area (Å²) in [6.07, 6.45) is 0. The van der Waals surface area contributed by atoms with Crippen molar-refractivity contribution in [3.05, 3.63) is 35.9 Å². The van der Waals surface area contributed by atoms with Gasteiger partial charge in [0.25, 0.3) is 0 Å². The Morgan fingerprint density at radius 3 is 2.11 bits per heavy atom. The highest BCUT2D eigenvalue weighted by Crippen LogP contribution is 2.20. The van der Waals surface area contributed by atoms with E-state index in [-0.39, 0.29) is 19.7 Å². The highest BCUT2D eigenvalue weighted by molar-refractivity contribution is 5.72. The molecule has 0 aromatic heterocycles. The highest BCUT2D eigenvalue weighted by Gasteiger charge is 2.24. The summed E-state index contributed by atoms with van der Waals surface area (Å²) in [6, 6.07) is 8.71. The van der Waals surface area contributed by atoms with Gasteiger partial charge in [0.15, 0.2) is 0 Å². The number of carboxylic acid groups (broad SMARTS) is 2. The summed E-state index contributed by atoms with van der Waals surface area (Å²) < 4.78 is 5.07. The Balaban J connectivity index is 2.97. The minimum Gasteiger partial charge on any atom is -0.480 e. The molecule has 0 saturated heterocycles. The Morgan fingerprint density at radius 1 is 1.16 bits per heavy atom. The van der Waals surface area contributed by atoms with E-state index in [1.807, 2.05) is 30.3 Å². The number of hydrogen-bond acceptors (Lipinski definition) is 4. The van der Waals surface area contributed by atoms with E-state index in [1.165, 1.54) is 12.0 Å². The molecule has 0 fully saturated rings. The molecule has 0 heterocycles. The lowest BCUT2D eigenvalue weighted by Gasteiger charge is -2.28. The Kier molecular flexibility index (Phi) is 5.98. The maximum absolute atomic E-state index is 10.9. The fourth-order valence-corrected chi connectivity index (χ4v) is 1.87. The third-order valence-electron chi connectivity index (χ3n) is 2.63. The summed E-state index contributed by atoms with van der Waals surface area (Å²) in [6.45, 7) is -0.477. The van der Waals surface area contributed by atoms with Gasteiger partial charge in [-0.15, -0.1) is 0 Å². The molecule has 0 aliphatic carbocycles. The second-order valence-corrected chi connectivity index (χ2v) is 4.07. The van der Waals surface area contributed by atoms with Gasteiger partial charge in [0.05, 0.1) is 25.7 Å². The van der Waals surface area contributed by atoms with E-state index in [2.05, 4.69) is 0 Å². The van der Waals surface area contributed by atoms with E-state index in [1.54, 1.807) is 0 Å². The first kappa shape index (κ1) is 15.1. The normalized spacial score (nSPS) is 12.3. The molecule has 1 aromatic rings. The molecule has 2 N–H and O–H groups in total. The van der Waals surface area contributed by atoms with Gasteiger partial charge in [-0.3, -0.25) is 14.5 Å². The second-order valence-electron chi connectivity index (χ2n) is 4.07. The molecule has 1 aromatic carbocycles. The first-order valence-corrected chi connectivity index (χ1v) is 5.76. The molecule has 1 unspecified atom stereocenters. The summed E-state index contributed by atoms with van der Waals surface area (Å²) in [5.74, 6) is -2.14. The minimum absolute atomic E-state index is 0.227. The second kappa shape index (κ2) is 7.50. The van der Waals surface area contributed by atoms with Crippen molar-refractivity contribution in [1.82, 2.24) is 4.90 Å². The maximum Gasteiger partial charge on any atom is 0.317 e. The van der Waals surface area contributed by atoms with Crippen molar-refractivity contribution in [2.24, 2.45) is 0 Å². The fraction of sp³-hybridized carbons (Fsp3) is 0.385. The number of hydrogen-bond donors (Lipinski definition) is 2. The molecule has 0 spiro atoms. The predicted molar refractivity (Wildman–Crippen MR) is 67.9 cm³/mol. The zero-order chi connectivity index (χ0) is 14.3. The van der Waals surface area contributed by atoms with Crippen molar-refractivity contribution >= 4 is 11.9 Å². The van der Waals surface area contributed by atoms with Gasteiger partial charge in [0.2, 0.25) is 0 Å². The van der Waals surface area contributed by atoms with Crippen LogP contribution in [0.3, 0.4) is 0 Å². The first-order chi connectivity index (χ1) is 9.04. The lowest BCUT2D eigenvalue weighted by Crippen LogP contribution is -2.39. The third-order valence-corrected chi connectivity index (χ3v) is 2.63. The van der Waals surface area contributed by atoms with Crippen molar-refractivity contribution in [1.29, 1.82) is 0 Å². The van der Waals surface area contributed by atoms with Gasteiger partial charge >= 0.3 is 11.9 Å². The van der Waals surface area contributed by atoms with Gasteiger partial charge in [-0.25, -0.2) is 0 Å². The third kappa shape index (κ3) is 5.07. The lowest BCUT2D eigenvalue weighted by molar-refractivity contribution is -0.143. The molecule has 6 heteroatoms. The van der Waals surface area contributed by atoms with Crippen molar-refractivity contribution in [3.63, 3.8) is 0 Å². The summed E-state index contributed by atoms with van der Waals surface area (Å²) in [4.78, 5) is 23.1. The Morgan fingerprint density at radius 2 is 1.68 bits per heavy atom. The number of nitrogens with zero attached hydrogens (tertiary/aromatic N) is 1. The van der Waals surface area contributed by atoms with Gasteiger partial charge in [-0.2, -0.15) is 0 Å². The molecule has 6 nitrogen and oxygen atoms in total. The van der Waals surface area contributed by atoms with Crippen LogP contribution < -0.4 is 0 Å². The highest BCUT2D eigenvalue weighted by atomic mass is 16.5. The van der Waals surface area contributed by atoms with E-state index in [9.17, 15) is 9.59 Å². The number of benzene rings is 1. The van der Waals surface area contributed by atoms with E-state index < -0.39 is 18.0 Å². The van der Waals surface area contributed by atoms with Crippen LogP contribution in [0.25, 0.3) is 0 Å². The van der Waals surface area contributed by atoms with Gasteiger partial charge in [0.1, 0.15) is 0 Å². The summed E-state index contributed by atoms with van der Waals surface area (Å²) in [5, 5.41) is 17.8. The summed E-state index contributed by atoms with van der Waals surface area (Å²) >= 11 is 0. The molecule has 0 aliphatic heterocycles. The molecule has 0 amide bonds. The Labute approximate surface area is 111 Å². The topological polar surface area (TPSA) is 87.1 Å². The van der Waals surface area contributed by atoms with Gasteiger partial charge in [-0.1, -0.05) is 30.3 Å². The number of aliphatic carboxylic acids is 2. The molecule has 19 heavy (non-hydrogen) atoms. The largest absolute Gasteiger partial charge is 0.480 e. The Bertz CT molecular complexity index is 404. The molecule has 0 bridgehead atoms. The van der Waals surface area contributed by atoms with Crippen molar-refractivity contribution in [2.45, 2.75) is 6.04 Å². The smallest absolute Gasteiger partial charge is 0.317 e. The van der Waals surface area contributed by atoms with Crippen molar-refractivity contribution < 1.29 is 24.5 Å². The van der Waals surface area contributed by atoms with E-state index in [4.69, 9.17) is 14.9 Å². The monoisotopic (exact) mass is 267 g/mol. The van der Waals surface area contributed by atoms with Crippen LogP contribution in [0.4, 0.5) is 0 Å². The molecule has 0 saturated carbocycles. The minimum atomic E-state index is -1.07. The summed E-state index contributed by atoms with van der Waals surface area (Å²) in [5.41, 5.74) is 0.826. The number of rotatable bonds is 8. The maximum atomic E-state index is 10.9. The average molecular weight is 267 g/mol. The standard InChI is InChI=1S/C13H17NO5/c1-19-9-11(10-5-3-2-4-6-10)14(7-12(15)16)8-13(17)18/h2-6,11H,7-9H2,1H3,(H,15,16)(H,17,18). The van der Waals surface area contributed by atoms with E-state index in [0.717, 1.165) is 5.56 Å². The fourth-order valence-electron chi connectivity index (χ4n) is 1.87. The van der Waals surface area contributed by atoms with Crippen LogP contribution in [-0.4, -0.2) is 53.9 Å². The molecule has 0 aliphatic rings. The SMILES string of the molecule is COCC(c1ccccc1)N(CC(=O)O)CC(=O)O. The number of ether oxygens (including phenoxy) is 1. The van der Waals surface area contributed by atoms with Crippen LogP contribution in [0, 0.1) is 0 Å². The lowest BCUT2D eigenvalue weighted by atomic mass is 10.1. The zero-order valence-corrected chi connectivity index (χ0v) is 10.7. The van der Waals surface area contributed by atoms with Crippen LogP contribution in [0.1, 0.15) is 11.6 Å². The van der Waals surface area contributed by atoms with Gasteiger partial charge in [-0.05, 0) is 5.56 Å². The van der Waals surface area contributed by atoms with Gasteiger partial charge in [0, 0.05) is 7.11 Å². The summed E-state index contributed by atoms with van der Waals surface area (Å²) in [7, 11) is 1.50. The number of carbonyl (C=O) groups is 2. The molecule has 0 radical (unpaired) electrons. The molecular formula is C13H17NO5. The molecule has 1 atom stereocenters. The predicted octanol–water partition coefficient (Wildman–Crippen LogP) is 0.845. The first-order valence-electron chi connectivity index (χ1n) is 5.76. The van der Waals surface area contributed by atoms with Crippen molar-refractivity contribution in [3.8, 4) is 0 Å². The zero-order valence-electron chi connectivity index (χ0n) is 10.7.